The first-order valence-electron chi connectivity index (χ1n) is 4.64. The number of aliphatic hydroxyl groups is 1. The van der Waals surface area contributed by atoms with Crippen LogP contribution in [-0.4, -0.2) is 11.7 Å². The van der Waals surface area contributed by atoms with Crippen LogP contribution in [-0.2, 0) is 5.41 Å². The second kappa shape index (κ2) is 3.32. The van der Waals surface area contributed by atoms with Crippen molar-refractivity contribution in [3.63, 3.8) is 0 Å². The van der Waals surface area contributed by atoms with Gasteiger partial charge < -0.3 is 5.11 Å². The fraction of sp³-hybridized carbons (Fsp3) is 0.455. The van der Waals surface area contributed by atoms with E-state index in [-0.39, 0.29) is 12.0 Å². The summed E-state index contributed by atoms with van der Waals surface area (Å²) in [7, 11) is 0. The van der Waals surface area contributed by atoms with E-state index in [0.29, 0.717) is 0 Å². The summed E-state index contributed by atoms with van der Waals surface area (Å²) in [5, 5.41) is 10.1. The largest absolute Gasteiger partial charge is 0.395 e. The summed E-state index contributed by atoms with van der Waals surface area (Å²) in [6.45, 7) is 0.243. The summed E-state index contributed by atoms with van der Waals surface area (Å²) in [4.78, 5) is 0. The molecular weight excluding hydrogens is 184 g/mol. The molecule has 0 atom stereocenters. The molecule has 1 aliphatic carbocycles. The second-order valence-electron chi connectivity index (χ2n) is 3.80. The maximum Gasteiger partial charge on any atom is 0.0527 e. The highest BCUT2D eigenvalue weighted by molar-refractivity contribution is 6.30. The minimum absolute atomic E-state index is 0.0188. The van der Waals surface area contributed by atoms with E-state index in [4.69, 9.17) is 11.6 Å². The molecule has 0 saturated heterocycles. The Morgan fingerprint density at radius 2 is 2.15 bits per heavy atom. The van der Waals surface area contributed by atoms with Crippen molar-refractivity contribution in [2.75, 3.05) is 6.61 Å². The molecule has 2 rings (SSSR count). The molecule has 13 heavy (non-hydrogen) atoms. The smallest absolute Gasteiger partial charge is 0.0527 e. The predicted molar refractivity (Wildman–Crippen MR) is 54.1 cm³/mol. The Bertz CT molecular complexity index is 299. The molecule has 1 saturated carbocycles. The molecule has 0 aromatic heterocycles. The zero-order valence-electron chi connectivity index (χ0n) is 7.46. The molecule has 0 spiro atoms. The van der Waals surface area contributed by atoms with Gasteiger partial charge in [0.15, 0.2) is 0 Å². The Labute approximate surface area is 83.3 Å². The van der Waals surface area contributed by atoms with Gasteiger partial charge >= 0.3 is 0 Å². The van der Waals surface area contributed by atoms with Crippen LogP contribution in [0.1, 0.15) is 24.8 Å². The van der Waals surface area contributed by atoms with Crippen LogP contribution in [0.15, 0.2) is 24.3 Å². The van der Waals surface area contributed by atoms with Gasteiger partial charge in [-0.15, -0.1) is 0 Å². The Balaban J connectivity index is 2.33. The molecule has 1 N–H and O–H groups in total. The maximum absolute atomic E-state index is 9.34. The third-order valence-corrected chi connectivity index (χ3v) is 3.29. The first-order chi connectivity index (χ1) is 6.27. The lowest BCUT2D eigenvalue weighted by molar-refractivity contribution is 0.120. The number of halogens is 1. The standard InChI is InChI=1S/C11H13ClO/c12-10-4-1-3-9(7-10)11(8-13)5-2-6-11/h1,3-4,7,13H,2,5-6,8H2. The van der Waals surface area contributed by atoms with E-state index in [1.54, 1.807) is 0 Å². The summed E-state index contributed by atoms with van der Waals surface area (Å²) >= 11 is 5.91. The second-order valence-corrected chi connectivity index (χ2v) is 4.24. The highest BCUT2D eigenvalue weighted by Gasteiger charge is 2.37. The predicted octanol–water partition coefficient (Wildman–Crippen LogP) is 2.75. The molecular formula is C11H13ClO. The van der Waals surface area contributed by atoms with Crippen LogP contribution >= 0.6 is 11.6 Å². The highest BCUT2D eigenvalue weighted by atomic mass is 35.5. The van der Waals surface area contributed by atoms with E-state index in [2.05, 4.69) is 6.07 Å². The van der Waals surface area contributed by atoms with Crippen LogP contribution in [0.2, 0.25) is 5.02 Å². The monoisotopic (exact) mass is 196 g/mol. The van der Waals surface area contributed by atoms with Crippen molar-refractivity contribution in [2.24, 2.45) is 0 Å². The fourth-order valence-electron chi connectivity index (χ4n) is 1.96. The van der Waals surface area contributed by atoms with Gasteiger partial charge in [-0.05, 0) is 30.5 Å². The topological polar surface area (TPSA) is 20.2 Å². The zero-order chi connectivity index (χ0) is 9.31. The van der Waals surface area contributed by atoms with Crippen LogP contribution in [0.4, 0.5) is 0 Å². The molecule has 1 aliphatic rings. The van der Waals surface area contributed by atoms with E-state index in [1.807, 2.05) is 18.2 Å². The van der Waals surface area contributed by atoms with Crippen molar-refractivity contribution in [3.05, 3.63) is 34.9 Å². The Morgan fingerprint density at radius 1 is 1.38 bits per heavy atom. The first kappa shape index (κ1) is 9.04. The van der Waals surface area contributed by atoms with E-state index in [0.717, 1.165) is 17.9 Å². The molecule has 1 fully saturated rings. The quantitative estimate of drug-likeness (QED) is 0.771. The Kier molecular flexibility index (Phi) is 2.31. The van der Waals surface area contributed by atoms with Crippen LogP contribution in [0.5, 0.6) is 0 Å². The van der Waals surface area contributed by atoms with Gasteiger partial charge in [0.25, 0.3) is 0 Å². The zero-order valence-corrected chi connectivity index (χ0v) is 8.22. The number of rotatable bonds is 2. The van der Waals surface area contributed by atoms with Gasteiger partial charge in [-0.3, -0.25) is 0 Å². The van der Waals surface area contributed by atoms with Crippen molar-refractivity contribution in [2.45, 2.75) is 24.7 Å². The third kappa shape index (κ3) is 1.47. The van der Waals surface area contributed by atoms with E-state index in [9.17, 15) is 5.11 Å². The van der Waals surface area contributed by atoms with E-state index < -0.39 is 0 Å². The molecule has 70 valence electrons. The van der Waals surface area contributed by atoms with E-state index in [1.165, 1.54) is 12.0 Å². The normalized spacial score (nSPS) is 19.5. The molecule has 0 amide bonds. The fourth-order valence-corrected chi connectivity index (χ4v) is 2.15. The first-order valence-corrected chi connectivity index (χ1v) is 5.02. The van der Waals surface area contributed by atoms with Crippen molar-refractivity contribution in [1.82, 2.24) is 0 Å². The van der Waals surface area contributed by atoms with Crippen molar-refractivity contribution in [1.29, 1.82) is 0 Å². The highest BCUT2D eigenvalue weighted by Crippen LogP contribution is 2.43. The Hall–Kier alpha value is -0.530. The summed E-state index contributed by atoms with van der Waals surface area (Å²) in [6, 6.07) is 7.85. The number of hydrogen-bond donors (Lipinski definition) is 1. The maximum atomic E-state index is 9.34. The average Bonchev–Trinajstić information content (AvgIpc) is 2.03. The Morgan fingerprint density at radius 3 is 2.62 bits per heavy atom. The number of hydrogen-bond acceptors (Lipinski definition) is 1. The van der Waals surface area contributed by atoms with Crippen LogP contribution < -0.4 is 0 Å². The SMILES string of the molecule is OCC1(c2cccc(Cl)c2)CCC1. The summed E-state index contributed by atoms with van der Waals surface area (Å²) in [6.07, 6.45) is 3.39. The summed E-state index contributed by atoms with van der Waals surface area (Å²) in [5.41, 5.74) is 1.21. The van der Waals surface area contributed by atoms with Gasteiger partial charge in [0.1, 0.15) is 0 Å². The van der Waals surface area contributed by atoms with Gasteiger partial charge in [-0.25, -0.2) is 0 Å². The van der Waals surface area contributed by atoms with Crippen LogP contribution in [0.25, 0.3) is 0 Å². The molecule has 1 aromatic carbocycles. The van der Waals surface area contributed by atoms with E-state index >= 15 is 0 Å². The molecule has 1 aromatic rings. The molecule has 0 aliphatic heterocycles. The van der Waals surface area contributed by atoms with Crippen molar-refractivity contribution >= 4 is 11.6 Å². The third-order valence-electron chi connectivity index (χ3n) is 3.05. The lowest BCUT2D eigenvalue weighted by Gasteiger charge is -2.40. The van der Waals surface area contributed by atoms with Crippen molar-refractivity contribution < 1.29 is 5.11 Å². The molecule has 0 unspecified atom stereocenters. The van der Waals surface area contributed by atoms with Gasteiger partial charge in [0.2, 0.25) is 0 Å². The van der Waals surface area contributed by atoms with Gasteiger partial charge in [-0.1, -0.05) is 30.2 Å². The summed E-state index contributed by atoms with van der Waals surface area (Å²) in [5.74, 6) is 0. The average molecular weight is 197 g/mol. The summed E-state index contributed by atoms with van der Waals surface area (Å²) < 4.78 is 0. The molecule has 0 heterocycles. The number of benzene rings is 1. The lowest BCUT2D eigenvalue weighted by Crippen LogP contribution is -2.37. The van der Waals surface area contributed by atoms with Gasteiger partial charge in [0.05, 0.1) is 6.61 Å². The number of aliphatic hydroxyl groups excluding tert-OH is 1. The van der Waals surface area contributed by atoms with Crippen molar-refractivity contribution in [3.8, 4) is 0 Å². The molecule has 2 heteroatoms. The molecule has 0 radical (unpaired) electrons. The molecule has 0 bridgehead atoms. The van der Waals surface area contributed by atoms with Gasteiger partial charge in [-0.2, -0.15) is 0 Å². The molecule has 1 nitrogen and oxygen atoms in total. The minimum atomic E-state index is 0.0188. The van der Waals surface area contributed by atoms with Crippen LogP contribution in [0.3, 0.4) is 0 Å². The minimum Gasteiger partial charge on any atom is -0.395 e. The van der Waals surface area contributed by atoms with Crippen LogP contribution in [0, 0.1) is 0 Å². The van der Waals surface area contributed by atoms with Gasteiger partial charge in [0, 0.05) is 10.4 Å². The lowest BCUT2D eigenvalue weighted by atomic mass is 9.65.